The van der Waals surface area contributed by atoms with E-state index in [4.69, 9.17) is 5.73 Å². The number of benzene rings is 1. The summed E-state index contributed by atoms with van der Waals surface area (Å²) in [7, 11) is -2.10. The first-order valence-corrected chi connectivity index (χ1v) is 7.70. The van der Waals surface area contributed by atoms with Gasteiger partial charge in [-0.25, -0.2) is 8.42 Å². The molecule has 2 aromatic rings. The molecule has 0 aliphatic rings. The van der Waals surface area contributed by atoms with Crippen LogP contribution in [0.1, 0.15) is 25.3 Å². The van der Waals surface area contributed by atoms with Gasteiger partial charge in [-0.15, -0.1) is 0 Å². The third-order valence-electron chi connectivity index (χ3n) is 2.92. The fraction of sp³-hybridized carbons (Fsp3) is 0.308. The van der Waals surface area contributed by atoms with Gasteiger partial charge in [0.05, 0.1) is 0 Å². The molecule has 20 heavy (non-hydrogen) atoms. The predicted molar refractivity (Wildman–Crippen MR) is 79.0 cm³/mol. The van der Waals surface area contributed by atoms with Crippen LogP contribution in [0.2, 0.25) is 0 Å². The number of rotatable bonds is 4. The van der Waals surface area contributed by atoms with Crippen LogP contribution in [-0.2, 0) is 17.1 Å². The molecule has 0 amide bonds. The Morgan fingerprint density at radius 1 is 1.35 bits per heavy atom. The maximum Gasteiger partial charge on any atom is 0.267 e. The van der Waals surface area contributed by atoms with Crippen LogP contribution < -0.4 is 10.5 Å². The summed E-state index contributed by atoms with van der Waals surface area (Å²) >= 11 is 0. The number of aryl methyl sites for hydroxylation is 1. The topological polar surface area (TPSA) is 90.0 Å². The number of nitrogens with two attached hydrogens (primary N) is 1. The van der Waals surface area contributed by atoms with Crippen molar-refractivity contribution in [3.63, 3.8) is 0 Å². The van der Waals surface area contributed by atoms with Gasteiger partial charge in [0, 0.05) is 18.9 Å². The maximum absolute atomic E-state index is 12.3. The molecule has 1 heterocycles. The number of hydrogen-bond acceptors (Lipinski definition) is 4. The van der Waals surface area contributed by atoms with Crippen molar-refractivity contribution in [2.45, 2.75) is 24.7 Å². The van der Waals surface area contributed by atoms with Crippen molar-refractivity contribution in [2.24, 2.45) is 7.05 Å². The molecule has 0 fully saturated rings. The first kappa shape index (κ1) is 14.4. The van der Waals surface area contributed by atoms with Gasteiger partial charge in [0.25, 0.3) is 10.0 Å². The molecule has 0 spiro atoms. The summed E-state index contributed by atoms with van der Waals surface area (Å²) in [5.41, 5.74) is 7.18. The van der Waals surface area contributed by atoms with Crippen molar-refractivity contribution in [2.75, 3.05) is 10.5 Å². The summed E-state index contributed by atoms with van der Waals surface area (Å²) in [6, 6.07) is 7.30. The quantitative estimate of drug-likeness (QED) is 0.901. The standard InChI is InChI=1S/C13H18N4O2S/c1-9(2)10-5-4-6-11(7-10)16-20(18,19)12-8-17(3)15-13(12)14/h4-9,16H,1-3H3,(H2,14,15). The predicted octanol–water partition coefficient (Wildman–Crippen LogP) is 1.93. The lowest BCUT2D eigenvalue weighted by molar-refractivity contribution is 0.601. The highest BCUT2D eigenvalue weighted by Crippen LogP contribution is 2.23. The lowest BCUT2D eigenvalue weighted by Crippen LogP contribution is -2.14. The van der Waals surface area contributed by atoms with Gasteiger partial charge in [-0.05, 0) is 23.6 Å². The monoisotopic (exact) mass is 294 g/mol. The molecule has 3 N–H and O–H groups in total. The molecule has 1 aromatic carbocycles. The van der Waals surface area contributed by atoms with Crippen molar-refractivity contribution >= 4 is 21.5 Å². The molecule has 2 rings (SSSR count). The second-order valence-electron chi connectivity index (χ2n) is 4.94. The van der Waals surface area contributed by atoms with Gasteiger partial charge < -0.3 is 5.73 Å². The number of anilines is 2. The van der Waals surface area contributed by atoms with Gasteiger partial charge in [-0.2, -0.15) is 5.10 Å². The Hall–Kier alpha value is -2.02. The number of nitrogens with zero attached hydrogens (tertiary/aromatic N) is 2. The van der Waals surface area contributed by atoms with Crippen LogP contribution in [0.4, 0.5) is 11.5 Å². The van der Waals surface area contributed by atoms with E-state index in [0.717, 1.165) is 5.56 Å². The number of sulfonamides is 1. The Balaban J connectivity index is 2.33. The molecular formula is C13H18N4O2S. The highest BCUT2D eigenvalue weighted by molar-refractivity contribution is 7.92. The molecule has 6 nitrogen and oxygen atoms in total. The molecule has 0 aliphatic carbocycles. The van der Waals surface area contributed by atoms with Crippen LogP contribution in [0.25, 0.3) is 0 Å². The summed E-state index contributed by atoms with van der Waals surface area (Å²) in [6.45, 7) is 4.10. The third kappa shape index (κ3) is 2.93. The van der Waals surface area contributed by atoms with Gasteiger partial charge in [-0.1, -0.05) is 26.0 Å². The van der Waals surface area contributed by atoms with Crippen molar-refractivity contribution in [3.05, 3.63) is 36.0 Å². The molecule has 0 radical (unpaired) electrons. The molecule has 0 saturated heterocycles. The van der Waals surface area contributed by atoms with E-state index in [0.29, 0.717) is 11.6 Å². The van der Waals surface area contributed by atoms with Gasteiger partial charge >= 0.3 is 0 Å². The van der Waals surface area contributed by atoms with E-state index in [2.05, 4.69) is 9.82 Å². The Bertz CT molecular complexity index is 720. The number of nitrogens with one attached hydrogen (secondary N) is 1. The van der Waals surface area contributed by atoms with Gasteiger partial charge in [0.15, 0.2) is 5.82 Å². The van der Waals surface area contributed by atoms with Crippen LogP contribution >= 0.6 is 0 Å². The minimum absolute atomic E-state index is 0.0139. The second kappa shape index (κ2) is 5.16. The largest absolute Gasteiger partial charge is 0.381 e. The summed E-state index contributed by atoms with van der Waals surface area (Å²) < 4.78 is 28.4. The molecule has 0 saturated carbocycles. The number of aromatic nitrogens is 2. The summed E-state index contributed by atoms with van der Waals surface area (Å²) in [5, 5.41) is 3.84. The Morgan fingerprint density at radius 3 is 2.60 bits per heavy atom. The van der Waals surface area contributed by atoms with Crippen LogP contribution in [0.5, 0.6) is 0 Å². The third-order valence-corrected chi connectivity index (χ3v) is 4.32. The van der Waals surface area contributed by atoms with Crippen LogP contribution in [0, 0.1) is 0 Å². The second-order valence-corrected chi connectivity index (χ2v) is 6.59. The molecule has 0 bridgehead atoms. The Labute approximate surface area is 118 Å². The maximum atomic E-state index is 12.3. The molecule has 7 heteroatoms. The average Bonchev–Trinajstić information content (AvgIpc) is 2.69. The highest BCUT2D eigenvalue weighted by Gasteiger charge is 2.20. The van der Waals surface area contributed by atoms with Gasteiger partial charge in [0.1, 0.15) is 4.90 Å². The van der Waals surface area contributed by atoms with E-state index in [1.54, 1.807) is 13.1 Å². The van der Waals surface area contributed by atoms with Crippen molar-refractivity contribution in [1.29, 1.82) is 0 Å². The van der Waals surface area contributed by atoms with Gasteiger partial charge in [-0.3, -0.25) is 9.40 Å². The molecule has 108 valence electrons. The zero-order valence-corrected chi connectivity index (χ0v) is 12.5. The van der Waals surface area contributed by atoms with E-state index in [-0.39, 0.29) is 10.7 Å². The summed E-state index contributed by atoms with van der Waals surface area (Å²) in [4.78, 5) is -0.0186. The van der Waals surface area contributed by atoms with Crippen molar-refractivity contribution in [3.8, 4) is 0 Å². The lowest BCUT2D eigenvalue weighted by Gasteiger charge is -2.10. The minimum Gasteiger partial charge on any atom is -0.381 e. The highest BCUT2D eigenvalue weighted by atomic mass is 32.2. The van der Waals surface area contributed by atoms with Crippen LogP contribution in [0.3, 0.4) is 0 Å². The average molecular weight is 294 g/mol. The SMILES string of the molecule is CC(C)c1cccc(NS(=O)(=O)c2cn(C)nc2N)c1. The molecular weight excluding hydrogens is 276 g/mol. The van der Waals surface area contributed by atoms with Gasteiger partial charge in [0.2, 0.25) is 0 Å². The van der Waals surface area contributed by atoms with E-state index < -0.39 is 10.0 Å². The molecule has 0 aliphatic heterocycles. The first-order valence-electron chi connectivity index (χ1n) is 6.21. The van der Waals surface area contributed by atoms with E-state index >= 15 is 0 Å². The normalized spacial score (nSPS) is 11.8. The number of nitrogen functional groups attached to an aromatic ring is 1. The minimum atomic E-state index is -3.72. The molecule has 0 unspecified atom stereocenters. The first-order chi connectivity index (χ1) is 9.29. The molecule has 0 atom stereocenters. The van der Waals surface area contributed by atoms with Crippen molar-refractivity contribution in [1.82, 2.24) is 9.78 Å². The van der Waals surface area contributed by atoms with Crippen molar-refractivity contribution < 1.29 is 8.42 Å². The Morgan fingerprint density at radius 2 is 2.05 bits per heavy atom. The Kier molecular flexibility index (Phi) is 3.71. The smallest absolute Gasteiger partial charge is 0.267 e. The zero-order valence-electron chi connectivity index (χ0n) is 11.7. The van der Waals surface area contributed by atoms with E-state index in [9.17, 15) is 8.42 Å². The van der Waals surface area contributed by atoms with E-state index in [1.165, 1.54) is 10.9 Å². The summed E-state index contributed by atoms with van der Waals surface area (Å²) in [6.07, 6.45) is 1.38. The fourth-order valence-electron chi connectivity index (χ4n) is 1.86. The van der Waals surface area contributed by atoms with E-state index in [1.807, 2.05) is 32.0 Å². The lowest BCUT2D eigenvalue weighted by atomic mass is 10.0. The van der Waals surface area contributed by atoms with Crippen LogP contribution in [-0.4, -0.2) is 18.2 Å². The fourth-order valence-corrected chi connectivity index (χ4v) is 3.02. The number of hydrogen-bond donors (Lipinski definition) is 2. The summed E-state index contributed by atoms with van der Waals surface area (Å²) in [5.74, 6) is 0.308. The van der Waals surface area contributed by atoms with Crippen LogP contribution in [0.15, 0.2) is 35.4 Å². The molecule has 1 aromatic heterocycles. The zero-order chi connectivity index (χ0) is 14.9.